The Morgan fingerprint density at radius 3 is 2.94 bits per heavy atom. The minimum absolute atomic E-state index is 0.0310. The van der Waals surface area contributed by atoms with E-state index in [4.69, 9.17) is 4.74 Å². The van der Waals surface area contributed by atoms with Crippen LogP contribution in [0.3, 0.4) is 0 Å². The van der Waals surface area contributed by atoms with Crippen molar-refractivity contribution in [2.24, 2.45) is 11.8 Å². The quantitative estimate of drug-likeness (QED) is 0.397. The predicted molar refractivity (Wildman–Crippen MR) is 136 cm³/mol. The smallest absolute Gasteiger partial charge is 0.235 e. The number of hydrogen-bond donors (Lipinski definition) is 3. The van der Waals surface area contributed by atoms with Crippen LogP contribution in [0.1, 0.15) is 11.3 Å². The number of carbonyl (C=O) groups excluding carboxylic acids is 1. The summed E-state index contributed by atoms with van der Waals surface area (Å²) >= 11 is 1.49. The number of pyridine rings is 3. The van der Waals surface area contributed by atoms with Crippen molar-refractivity contribution in [2.45, 2.75) is 17.9 Å². The molecule has 5 heterocycles. The number of amides is 1. The van der Waals surface area contributed by atoms with E-state index in [9.17, 15) is 14.3 Å². The van der Waals surface area contributed by atoms with Gasteiger partial charge in [-0.3, -0.25) is 9.78 Å². The lowest BCUT2D eigenvalue weighted by Gasteiger charge is -2.18. The number of halogens is 1. The molecule has 0 aliphatic carbocycles. The molecule has 36 heavy (non-hydrogen) atoms. The van der Waals surface area contributed by atoms with E-state index in [1.807, 2.05) is 12.1 Å². The van der Waals surface area contributed by atoms with Crippen molar-refractivity contribution in [3.63, 3.8) is 0 Å². The van der Waals surface area contributed by atoms with Crippen molar-refractivity contribution in [1.29, 1.82) is 0 Å². The summed E-state index contributed by atoms with van der Waals surface area (Å²) in [6.45, 7) is 3.63. The summed E-state index contributed by atoms with van der Waals surface area (Å²) < 4.78 is 19.9. The van der Waals surface area contributed by atoms with Gasteiger partial charge in [-0.2, -0.15) is 0 Å². The van der Waals surface area contributed by atoms with Crippen LogP contribution < -0.4 is 15.4 Å². The van der Waals surface area contributed by atoms with E-state index in [2.05, 4.69) is 30.5 Å². The fraction of sp³-hybridized carbons (Fsp3) is 0.440. The molecule has 1 amide bonds. The molecule has 190 valence electrons. The average Bonchev–Trinajstić information content (AvgIpc) is 3.29. The number of aliphatic hydroxyl groups is 1. The molecule has 0 saturated carbocycles. The van der Waals surface area contributed by atoms with Gasteiger partial charge in [-0.25, -0.2) is 14.4 Å². The summed E-state index contributed by atoms with van der Waals surface area (Å²) in [5, 5.41) is 16.2. The number of anilines is 1. The van der Waals surface area contributed by atoms with Gasteiger partial charge in [-0.05, 0) is 43.0 Å². The lowest BCUT2D eigenvalue weighted by atomic mass is 9.97. The Labute approximate surface area is 212 Å². The topological polar surface area (TPSA) is 113 Å². The van der Waals surface area contributed by atoms with Gasteiger partial charge in [-0.15, -0.1) is 11.8 Å². The molecular weight excluding hydrogens is 483 g/mol. The van der Waals surface area contributed by atoms with Crippen molar-refractivity contribution in [3.8, 4) is 5.88 Å². The first-order valence-electron chi connectivity index (χ1n) is 12.0. The highest BCUT2D eigenvalue weighted by atomic mass is 32.2. The van der Waals surface area contributed by atoms with Crippen molar-refractivity contribution in [3.05, 3.63) is 47.5 Å². The molecule has 9 nitrogen and oxygen atoms in total. The number of likely N-dealkylation sites (tertiary alicyclic amines) is 1. The second-order valence-corrected chi connectivity index (χ2v) is 10.2. The minimum atomic E-state index is -0.369. The summed E-state index contributed by atoms with van der Waals surface area (Å²) in [7, 11) is 1.53. The van der Waals surface area contributed by atoms with Crippen molar-refractivity contribution >= 4 is 34.5 Å². The molecule has 0 aromatic carbocycles. The molecule has 3 aromatic heterocycles. The molecule has 3 aromatic rings. The normalized spacial score (nSPS) is 19.9. The summed E-state index contributed by atoms with van der Waals surface area (Å²) in [5.74, 6) is 1.48. The number of aliphatic hydroxyl groups excluding tert-OH is 1. The molecule has 0 radical (unpaired) electrons. The van der Waals surface area contributed by atoms with Crippen LogP contribution in [0.25, 0.3) is 11.0 Å². The summed E-state index contributed by atoms with van der Waals surface area (Å²) in [4.78, 5) is 28.0. The van der Waals surface area contributed by atoms with Gasteiger partial charge in [0.15, 0.2) is 0 Å². The van der Waals surface area contributed by atoms with Crippen molar-refractivity contribution in [1.82, 2.24) is 25.2 Å². The van der Waals surface area contributed by atoms with Gasteiger partial charge in [0.25, 0.3) is 0 Å². The van der Waals surface area contributed by atoms with Gasteiger partial charge in [0.1, 0.15) is 11.6 Å². The summed E-state index contributed by atoms with van der Waals surface area (Å²) in [6, 6.07) is 7.46. The first-order chi connectivity index (χ1) is 17.5. The van der Waals surface area contributed by atoms with Crippen LogP contribution in [0, 0.1) is 17.7 Å². The van der Waals surface area contributed by atoms with E-state index in [0.29, 0.717) is 53.6 Å². The molecule has 5 rings (SSSR count). The Bertz CT molecular complexity index is 1260. The molecule has 2 aliphatic heterocycles. The van der Waals surface area contributed by atoms with Gasteiger partial charge in [0.05, 0.1) is 40.7 Å². The maximum atomic E-state index is 14.7. The largest absolute Gasteiger partial charge is 0.481 e. The Hall–Kier alpha value is -2.86. The highest BCUT2D eigenvalue weighted by Crippen LogP contribution is 2.30. The molecule has 0 bridgehead atoms. The van der Waals surface area contributed by atoms with Gasteiger partial charge in [-0.1, -0.05) is 0 Å². The third-order valence-corrected chi connectivity index (χ3v) is 7.81. The van der Waals surface area contributed by atoms with Crippen molar-refractivity contribution in [2.75, 3.05) is 51.0 Å². The van der Waals surface area contributed by atoms with E-state index >= 15 is 0 Å². The molecule has 0 spiro atoms. The maximum Gasteiger partial charge on any atom is 0.235 e. The summed E-state index contributed by atoms with van der Waals surface area (Å²) in [5.41, 5.74) is 2.55. The number of fused-ring (bicyclic) bond motifs is 2. The third-order valence-electron chi connectivity index (χ3n) is 6.76. The number of methoxy groups -OCH3 is 1. The lowest BCUT2D eigenvalue weighted by molar-refractivity contribution is -0.113. The fourth-order valence-electron chi connectivity index (χ4n) is 4.84. The number of ether oxygens (including phenoxy) is 1. The number of nitrogens with one attached hydrogen (secondary N) is 2. The Morgan fingerprint density at radius 2 is 2.11 bits per heavy atom. The second-order valence-electron chi connectivity index (χ2n) is 9.14. The van der Waals surface area contributed by atoms with Crippen LogP contribution in [-0.2, 0) is 17.8 Å². The number of rotatable bonds is 9. The second kappa shape index (κ2) is 11.0. The van der Waals surface area contributed by atoms with Crippen LogP contribution in [0.4, 0.5) is 10.2 Å². The van der Waals surface area contributed by atoms with Gasteiger partial charge in [0.2, 0.25) is 11.8 Å². The highest BCUT2D eigenvalue weighted by Gasteiger charge is 2.32. The van der Waals surface area contributed by atoms with E-state index in [1.54, 1.807) is 12.1 Å². The zero-order chi connectivity index (χ0) is 25.1. The van der Waals surface area contributed by atoms with Crippen molar-refractivity contribution < 1.29 is 19.0 Å². The fourth-order valence-corrected chi connectivity index (χ4v) is 5.60. The van der Waals surface area contributed by atoms with E-state index in [0.717, 1.165) is 30.2 Å². The van der Waals surface area contributed by atoms with E-state index in [1.165, 1.54) is 25.1 Å². The van der Waals surface area contributed by atoms with Crippen LogP contribution in [0.2, 0.25) is 0 Å². The monoisotopic (exact) mass is 512 g/mol. The first kappa shape index (κ1) is 24.8. The van der Waals surface area contributed by atoms with E-state index < -0.39 is 0 Å². The number of hydrogen-bond acceptors (Lipinski definition) is 9. The number of nitrogens with zero attached hydrogens (tertiary/aromatic N) is 4. The van der Waals surface area contributed by atoms with Crippen LogP contribution in [0.15, 0.2) is 35.4 Å². The number of thioether (sulfide) groups is 1. The Balaban J connectivity index is 1.17. The number of aromatic nitrogens is 3. The number of carbonyl (C=O) groups is 1. The zero-order valence-electron chi connectivity index (χ0n) is 20.0. The zero-order valence-corrected chi connectivity index (χ0v) is 20.9. The standard InChI is InChI=1S/C25H29FN6O3S/c1-35-23-5-3-20-24(31-23)18(19(26)10-28-20)6-7-32-11-15(16(12-32)13-33)8-27-9-17-2-4-21-25(29-17)30-22(34)14-36-21/h2-5,10,15-16,27,33H,6-9,11-14H2,1H3,(H,29,30,34)/t15-,16+/m1/s1. The van der Waals surface area contributed by atoms with E-state index in [-0.39, 0.29) is 30.2 Å². The Morgan fingerprint density at radius 1 is 1.25 bits per heavy atom. The molecular formula is C25H29FN6O3S. The minimum Gasteiger partial charge on any atom is -0.481 e. The van der Waals surface area contributed by atoms with Crippen LogP contribution in [0.5, 0.6) is 5.88 Å². The highest BCUT2D eigenvalue weighted by molar-refractivity contribution is 8.00. The molecule has 1 saturated heterocycles. The summed E-state index contributed by atoms with van der Waals surface area (Å²) in [6.07, 6.45) is 1.74. The molecule has 2 aliphatic rings. The van der Waals surface area contributed by atoms with Gasteiger partial charge < -0.3 is 25.4 Å². The molecule has 2 atom stereocenters. The molecule has 0 unspecified atom stereocenters. The predicted octanol–water partition coefficient (Wildman–Crippen LogP) is 2.09. The van der Waals surface area contributed by atoms with Crippen LogP contribution in [-0.4, -0.2) is 76.5 Å². The molecule has 1 fully saturated rings. The van der Waals surface area contributed by atoms with Gasteiger partial charge in [0, 0.05) is 44.4 Å². The van der Waals surface area contributed by atoms with Gasteiger partial charge >= 0.3 is 0 Å². The third kappa shape index (κ3) is 5.44. The van der Waals surface area contributed by atoms with Crippen LogP contribution >= 0.6 is 11.8 Å². The SMILES string of the molecule is COc1ccc2ncc(F)c(CCN3C[C@@H](CO)[C@H](CNCc4ccc5c(n4)NC(=O)CS5)C3)c2n1. The lowest BCUT2D eigenvalue weighted by Crippen LogP contribution is -2.30. The molecule has 3 N–H and O–H groups in total. The maximum absolute atomic E-state index is 14.7. The average molecular weight is 513 g/mol. The first-order valence-corrected chi connectivity index (χ1v) is 13.0. The molecule has 11 heteroatoms. The Kier molecular flexibility index (Phi) is 7.61.